The van der Waals surface area contributed by atoms with Gasteiger partial charge in [0.15, 0.2) is 5.96 Å². The number of aliphatic imine (C=N–C) groups is 1. The van der Waals surface area contributed by atoms with Crippen molar-refractivity contribution in [2.75, 3.05) is 13.6 Å². The van der Waals surface area contributed by atoms with Gasteiger partial charge in [-0.3, -0.25) is 4.99 Å². The SMILES string of the molecule is CN=C(NCCc1nc(-c2cccc(Cl)c2)no1)NC(C)c1ccccc1. The zero-order valence-corrected chi connectivity index (χ0v) is 16.1. The first-order valence-electron chi connectivity index (χ1n) is 8.76. The second-order valence-electron chi connectivity index (χ2n) is 6.05. The highest BCUT2D eigenvalue weighted by molar-refractivity contribution is 6.30. The van der Waals surface area contributed by atoms with Crippen molar-refractivity contribution >= 4 is 17.6 Å². The molecule has 27 heavy (non-hydrogen) atoms. The summed E-state index contributed by atoms with van der Waals surface area (Å²) in [5, 5.41) is 11.3. The number of aromatic nitrogens is 2. The van der Waals surface area contributed by atoms with Gasteiger partial charge in [-0.25, -0.2) is 0 Å². The second-order valence-corrected chi connectivity index (χ2v) is 6.48. The highest BCUT2D eigenvalue weighted by Gasteiger charge is 2.10. The molecule has 140 valence electrons. The van der Waals surface area contributed by atoms with E-state index in [0.29, 0.717) is 29.7 Å². The van der Waals surface area contributed by atoms with Crippen LogP contribution in [0.3, 0.4) is 0 Å². The molecule has 0 aliphatic rings. The third kappa shape index (κ3) is 5.31. The summed E-state index contributed by atoms with van der Waals surface area (Å²) in [6.07, 6.45) is 0.591. The minimum Gasteiger partial charge on any atom is -0.356 e. The van der Waals surface area contributed by atoms with Gasteiger partial charge in [0.05, 0.1) is 6.04 Å². The Kier molecular flexibility index (Phi) is 6.44. The largest absolute Gasteiger partial charge is 0.356 e. The minimum absolute atomic E-state index is 0.148. The average molecular weight is 384 g/mol. The maximum Gasteiger partial charge on any atom is 0.228 e. The molecule has 0 fully saturated rings. The molecule has 0 amide bonds. The highest BCUT2D eigenvalue weighted by atomic mass is 35.5. The van der Waals surface area contributed by atoms with E-state index in [2.05, 4.69) is 44.8 Å². The van der Waals surface area contributed by atoms with E-state index in [9.17, 15) is 0 Å². The van der Waals surface area contributed by atoms with E-state index in [1.807, 2.05) is 42.5 Å². The van der Waals surface area contributed by atoms with Gasteiger partial charge in [0.2, 0.25) is 11.7 Å². The molecule has 1 atom stereocenters. The monoisotopic (exact) mass is 383 g/mol. The van der Waals surface area contributed by atoms with Crippen molar-refractivity contribution in [1.29, 1.82) is 0 Å². The molecule has 1 aromatic heterocycles. The summed E-state index contributed by atoms with van der Waals surface area (Å²) in [5.41, 5.74) is 2.03. The van der Waals surface area contributed by atoms with Gasteiger partial charge in [0, 0.05) is 30.6 Å². The van der Waals surface area contributed by atoms with Crippen molar-refractivity contribution in [2.24, 2.45) is 4.99 Å². The smallest absolute Gasteiger partial charge is 0.228 e. The third-order valence-electron chi connectivity index (χ3n) is 4.06. The highest BCUT2D eigenvalue weighted by Crippen LogP contribution is 2.19. The molecule has 2 N–H and O–H groups in total. The van der Waals surface area contributed by atoms with E-state index in [1.54, 1.807) is 7.05 Å². The normalized spacial score (nSPS) is 12.6. The Morgan fingerprint density at radius 1 is 1.19 bits per heavy atom. The maximum absolute atomic E-state index is 6.01. The van der Waals surface area contributed by atoms with Crippen molar-refractivity contribution in [3.8, 4) is 11.4 Å². The van der Waals surface area contributed by atoms with Gasteiger partial charge in [-0.15, -0.1) is 0 Å². The van der Waals surface area contributed by atoms with Crippen molar-refractivity contribution in [3.63, 3.8) is 0 Å². The number of halogens is 1. The van der Waals surface area contributed by atoms with Crippen molar-refractivity contribution in [3.05, 3.63) is 71.1 Å². The van der Waals surface area contributed by atoms with Crippen LogP contribution < -0.4 is 10.6 Å². The molecule has 3 aromatic rings. The van der Waals surface area contributed by atoms with Gasteiger partial charge in [-0.2, -0.15) is 4.98 Å². The van der Waals surface area contributed by atoms with Gasteiger partial charge in [0.1, 0.15) is 0 Å². The van der Waals surface area contributed by atoms with E-state index in [1.165, 1.54) is 5.56 Å². The zero-order valence-electron chi connectivity index (χ0n) is 15.3. The average Bonchev–Trinajstić information content (AvgIpc) is 3.17. The van der Waals surface area contributed by atoms with Crippen molar-refractivity contribution in [2.45, 2.75) is 19.4 Å². The molecule has 0 aliphatic carbocycles. The molecule has 3 rings (SSSR count). The lowest BCUT2D eigenvalue weighted by molar-refractivity contribution is 0.378. The van der Waals surface area contributed by atoms with Crippen LogP contribution in [0.1, 0.15) is 24.4 Å². The van der Waals surface area contributed by atoms with Crippen LogP contribution >= 0.6 is 11.6 Å². The van der Waals surface area contributed by atoms with E-state index in [4.69, 9.17) is 16.1 Å². The molecule has 0 spiro atoms. The molecule has 0 radical (unpaired) electrons. The van der Waals surface area contributed by atoms with Gasteiger partial charge < -0.3 is 15.2 Å². The number of hydrogen-bond acceptors (Lipinski definition) is 4. The van der Waals surface area contributed by atoms with Crippen LogP contribution in [0.4, 0.5) is 0 Å². The molecular formula is C20H22ClN5O. The molecule has 0 bridgehead atoms. The Hall–Kier alpha value is -2.86. The molecule has 6 nitrogen and oxygen atoms in total. The summed E-state index contributed by atoms with van der Waals surface area (Å²) in [7, 11) is 1.75. The van der Waals surface area contributed by atoms with Gasteiger partial charge in [-0.1, -0.05) is 59.2 Å². The van der Waals surface area contributed by atoms with E-state index in [-0.39, 0.29) is 6.04 Å². The number of guanidine groups is 1. The Morgan fingerprint density at radius 3 is 2.74 bits per heavy atom. The van der Waals surface area contributed by atoms with Gasteiger partial charge in [0.25, 0.3) is 0 Å². The van der Waals surface area contributed by atoms with Crippen LogP contribution in [-0.2, 0) is 6.42 Å². The molecule has 0 saturated heterocycles. The molecular weight excluding hydrogens is 362 g/mol. The number of rotatable bonds is 6. The molecule has 0 saturated carbocycles. The number of benzene rings is 2. The Labute approximate surface area is 163 Å². The van der Waals surface area contributed by atoms with E-state index < -0.39 is 0 Å². The Bertz CT molecular complexity index is 894. The summed E-state index contributed by atoms with van der Waals surface area (Å²) in [6, 6.07) is 17.8. The lowest BCUT2D eigenvalue weighted by Gasteiger charge is -2.17. The standard InChI is InChI=1S/C20H22ClN5O/c1-14(15-7-4-3-5-8-15)24-20(22-2)23-12-11-18-25-19(26-27-18)16-9-6-10-17(21)13-16/h3-10,13-14H,11-12H2,1-2H3,(H2,22,23,24). The quantitative estimate of drug-likeness (QED) is 0.499. The molecule has 7 heteroatoms. The lowest BCUT2D eigenvalue weighted by atomic mass is 10.1. The first kappa shape index (κ1) is 18.9. The first-order valence-corrected chi connectivity index (χ1v) is 9.14. The predicted octanol–water partition coefficient (Wildman–Crippen LogP) is 3.86. The summed E-state index contributed by atoms with van der Waals surface area (Å²) >= 11 is 6.01. The second kappa shape index (κ2) is 9.19. The number of nitrogens with zero attached hydrogens (tertiary/aromatic N) is 3. The fourth-order valence-electron chi connectivity index (χ4n) is 2.61. The van der Waals surface area contributed by atoms with Gasteiger partial charge >= 0.3 is 0 Å². The lowest BCUT2D eigenvalue weighted by Crippen LogP contribution is -2.39. The Balaban J connectivity index is 1.51. The molecule has 0 aliphatic heterocycles. The fraction of sp³-hybridized carbons (Fsp3) is 0.250. The van der Waals surface area contributed by atoms with Crippen LogP contribution in [-0.4, -0.2) is 29.7 Å². The number of nitrogens with one attached hydrogen (secondary N) is 2. The van der Waals surface area contributed by atoms with Crippen molar-refractivity contribution in [1.82, 2.24) is 20.8 Å². The van der Waals surface area contributed by atoms with Crippen LogP contribution in [0.2, 0.25) is 5.02 Å². The minimum atomic E-state index is 0.148. The van der Waals surface area contributed by atoms with Crippen LogP contribution in [0, 0.1) is 0 Å². The first-order chi connectivity index (χ1) is 13.2. The molecule has 1 heterocycles. The maximum atomic E-state index is 6.01. The fourth-order valence-corrected chi connectivity index (χ4v) is 2.80. The van der Waals surface area contributed by atoms with Crippen LogP contribution in [0.25, 0.3) is 11.4 Å². The summed E-state index contributed by atoms with van der Waals surface area (Å²) in [6.45, 7) is 2.72. The van der Waals surface area contributed by atoms with Gasteiger partial charge in [-0.05, 0) is 24.6 Å². The van der Waals surface area contributed by atoms with E-state index >= 15 is 0 Å². The third-order valence-corrected chi connectivity index (χ3v) is 4.29. The van der Waals surface area contributed by atoms with Crippen LogP contribution in [0.5, 0.6) is 0 Å². The molecule has 2 aromatic carbocycles. The number of hydrogen-bond donors (Lipinski definition) is 2. The summed E-state index contributed by atoms with van der Waals surface area (Å²) < 4.78 is 5.32. The zero-order chi connectivity index (χ0) is 19.1. The molecule has 1 unspecified atom stereocenters. The summed E-state index contributed by atoms with van der Waals surface area (Å²) in [5.74, 6) is 1.82. The van der Waals surface area contributed by atoms with Crippen molar-refractivity contribution < 1.29 is 4.52 Å². The predicted molar refractivity (Wildman–Crippen MR) is 108 cm³/mol. The van der Waals surface area contributed by atoms with E-state index in [0.717, 1.165) is 11.5 Å². The topological polar surface area (TPSA) is 75.3 Å². The van der Waals surface area contributed by atoms with Crippen LogP contribution in [0.15, 0.2) is 64.1 Å². The Morgan fingerprint density at radius 2 is 2.00 bits per heavy atom. The summed E-state index contributed by atoms with van der Waals surface area (Å²) in [4.78, 5) is 8.68.